The van der Waals surface area contributed by atoms with Gasteiger partial charge in [-0.25, -0.2) is 0 Å². The average Bonchev–Trinajstić information content (AvgIpc) is 2.47. The van der Waals surface area contributed by atoms with Crippen LogP contribution in [0.25, 0.3) is 0 Å². The molecule has 3 N–H and O–H groups in total. The summed E-state index contributed by atoms with van der Waals surface area (Å²) in [6.45, 7) is 5.77. The van der Waals surface area contributed by atoms with Crippen molar-refractivity contribution in [2.24, 2.45) is 0 Å². The minimum atomic E-state index is -0.559. The lowest BCUT2D eigenvalue weighted by Crippen LogP contribution is -2.33. The molecule has 0 radical (unpaired) electrons. The number of halogens is 2. The first-order chi connectivity index (χ1) is 10.8. The van der Waals surface area contributed by atoms with E-state index in [2.05, 4.69) is 22.5 Å². The molecule has 122 valence electrons. The largest absolute Gasteiger partial charge is 0.349 e. The SMILES string of the molecule is C=C(C)CNC(=O)/C=C/C(=O)NC(=S)Nc1c(Cl)cccc1Cl. The molecule has 0 heterocycles. The normalized spacial score (nSPS) is 10.2. The van der Waals surface area contributed by atoms with Gasteiger partial charge in [-0.15, -0.1) is 0 Å². The van der Waals surface area contributed by atoms with Gasteiger partial charge in [0.1, 0.15) is 0 Å². The molecule has 0 spiro atoms. The van der Waals surface area contributed by atoms with E-state index >= 15 is 0 Å². The summed E-state index contributed by atoms with van der Waals surface area (Å²) in [5.74, 6) is -0.965. The van der Waals surface area contributed by atoms with E-state index in [9.17, 15) is 9.59 Å². The molecule has 0 saturated heterocycles. The second-order valence-electron chi connectivity index (χ2n) is 4.55. The predicted octanol–water partition coefficient (Wildman–Crippen LogP) is 3.05. The summed E-state index contributed by atoms with van der Waals surface area (Å²) in [4.78, 5) is 23.1. The molecular formula is C15H15Cl2N3O2S. The highest BCUT2D eigenvalue weighted by molar-refractivity contribution is 7.80. The van der Waals surface area contributed by atoms with Gasteiger partial charge in [-0.3, -0.25) is 14.9 Å². The Morgan fingerprint density at radius 3 is 2.35 bits per heavy atom. The number of hydrogen-bond donors (Lipinski definition) is 3. The van der Waals surface area contributed by atoms with Crippen LogP contribution < -0.4 is 16.0 Å². The van der Waals surface area contributed by atoms with E-state index in [0.717, 1.165) is 17.7 Å². The van der Waals surface area contributed by atoms with Gasteiger partial charge >= 0.3 is 0 Å². The molecule has 0 bridgehead atoms. The Balaban J connectivity index is 2.52. The van der Waals surface area contributed by atoms with Crippen molar-refractivity contribution >= 4 is 58.0 Å². The summed E-state index contributed by atoms with van der Waals surface area (Å²) in [6.07, 6.45) is 2.17. The topological polar surface area (TPSA) is 70.2 Å². The van der Waals surface area contributed by atoms with Crippen LogP contribution in [-0.2, 0) is 9.59 Å². The van der Waals surface area contributed by atoms with E-state index in [1.165, 1.54) is 0 Å². The lowest BCUT2D eigenvalue weighted by molar-refractivity contribution is -0.118. The van der Waals surface area contributed by atoms with E-state index in [1.807, 2.05) is 0 Å². The molecule has 0 aliphatic rings. The average molecular weight is 372 g/mol. The molecule has 0 fully saturated rings. The summed E-state index contributed by atoms with van der Waals surface area (Å²) in [5, 5.41) is 8.41. The fourth-order valence-corrected chi connectivity index (χ4v) is 2.06. The first-order valence-corrected chi connectivity index (χ1v) is 7.62. The van der Waals surface area contributed by atoms with Crippen LogP contribution in [0, 0.1) is 0 Å². The van der Waals surface area contributed by atoms with Crippen LogP contribution >= 0.6 is 35.4 Å². The van der Waals surface area contributed by atoms with Gasteiger partial charge in [-0.05, 0) is 31.3 Å². The third-order valence-electron chi connectivity index (χ3n) is 2.39. The van der Waals surface area contributed by atoms with Gasteiger partial charge in [0.25, 0.3) is 0 Å². The Labute approximate surface area is 149 Å². The summed E-state index contributed by atoms with van der Waals surface area (Å²) in [6, 6.07) is 4.95. The Morgan fingerprint density at radius 1 is 1.22 bits per heavy atom. The summed E-state index contributed by atoms with van der Waals surface area (Å²) in [7, 11) is 0. The van der Waals surface area contributed by atoms with Crippen molar-refractivity contribution in [3.63, 3.8) is 0 Å². The first kappa shape index (κ1) is 19.2. The van der Waals surface area contributed by atoms with Gasteiger partial charge in [0, 0.05) is 18.7 Å². The molecule has 5 nitrogen and oxygen atoms in total. The Bertz CT molecular complexity index is 654. The number of anilines is 1. The Kier molecular flexibility index (Phi) is 7.74. The maximum Gasteiger partial charge on any atom is 0.250 e. The van der Waals surface area contributed by atoms with E-state index in [4.69, 9.17) is 35.4 Å². The maximum atomic E-state index is 11.7. The molecule has 0 aliphatic carbocycles. The van der Waals surface area contributed by atoms with Gasteiger partial charge in [-0.2, -0.15) is 0 Å². The van der Waals surface area contributed by atoms with Crippen LogP contribution in [-0.4, -0.2) is 23.5 Å². The van der Waals surface area contributed by atoms with Crippen LogP contribution in [0.3, 0.4) is 0 Å². The zero-order valence-corrected chi connectivity index (χ0v) is 14.6. The summed E-state index contributed by atoms with van der Waals surface area (Å²) < 4.78 is 0. The van der Waals surface area contributed by atoms with Crippen LogP contribution in [0.15, 0.2) is 42.5 Å². The monoisotopic (exact) mass is 371 g/mol. The molecule has 0 unspecified atom stereocenters. The molecule has 2 amide bonds. The molecule has 0 saturated carbocycles. The Hall–Kier alpha value is -1.89. The smallest absolute Gasteiger partial charge is 0.250 e. The van der Waals surface area contributed by atoms with E-state index in [1.54, 1.807) is 25.1 Å². The standard InChI is InChI=1S/C15H15Cl2N3O2S/c1-9(2)8-18-12(21)6-7-13(22)19-15(23)20-14-10(16)4-3-5-11(14)17/h3-7H,1,8H2,2H3,(H,18,21)(H2,19,20,22,23)/b7-6+. The van der Waals surface area contributed by atoms with Gasteiger partial charge in [-0.1, -0.05) is 41.4 Å². The number of thiocarbonyl (C=S) groups is 1. The van der Waals surface area contributed by atoms with Gasteiger partial charge in [0.15, 0.2) is 5.11 Å². The van der Waals surface area contributed by atoms with E-state index in [0.29, 0.717) is 22.3 Å². The van der Waals surface area contributed by atoms with E-state index < -0.39 is 11.8 Å². The summed E-state index contributed by atoms with van der Waals surface area (Å²) >= 11 is 17.0. The van der Waals surface area contributed by atoms with Crippen molar-refractivity contribution in [2.75, 3.05) is 11.9 Å². The van der Waals surface area contributed by atoms with Crippen molar-refractivity contribution in [3.05, 3.63) is 52.5 Å². The fourth-order valence-electron chi connectivity index (χ4n) is 1.36. The molecule has 0 aliphatic heterocycles. The molecule has 8 heteroatoms. The van der Waals surface area contributed by atoms with Crippen molar-refractivity contribution < 1.29 is 9.59 Å². The third-order valence-corrected chi connectivity index (χ3v) is 3.22. The predicted molar refractivity (Wildman–Crippen MR) is 97.8 cm³/mol. The zero-order valence-electron chi connectivity index (χ0n) is 12.3. The van der Waals surface area contributed by atoms with Crippen LogP contribution in [0.2, 0.25) is 10.0 Å². The van der Waals surface area contributed by atoms with Crippen molar-refractivity contribution in [3.8, 4) is 0 Å². The Morgan fingerprint density at radius 2 is 1.78 bits per heavy atom. The van der Waals surface area contributed by atoms with Crippen molar-refractivity contribution in [1.29, 1.82) is 0 Å². The molecule has 0 atom stereocenters. The molecule has 1 aromatic rings. The molecule has 1 rings (SSSR count). The molecule has 0 aromatic heterocycles. The van der Waals surface area contributed by atoms with Crippen LogP contribution in [0.1, 0.15) is 6.92 Å². The minimum absolute atomic E-state index is 0.0111. The van der Waals surface area contributed by atoms with Gasteiger partial charge < -0.3 is 10.6 Å². The lowest BCUT2D eigenvalue weighted by Gasteiger charge is -2.11. The number of carbonyl (C=O) groups is 2. The third kappa shape index (κ3) is 7.27. The van der Waals surface area contributed by atoms with Gasteiger partial charge in [0.05, 0.1) is 15.7 Å². The number of amides is 2. The van der Waals surface area contributed by atoms with Crippen LogP contribution in [0.5, 0.6) is 0 Å². The summed E-state index contributed by atoms with van der Waals surface area (Å²) in [5.41, 5.74) is 1.20. The number of rotatable bonds is 5. The maximum absolute atomic E-state index is 11.7. The quantitative estimate of drug-likeness (QED) is 0.422. The highest BCUT2D eigenvalue weighted by atomic mass is 35.5. The number of nitrogens with one attached hydrogen (secondary N) is 3. The number of hydrogen-bond acceptors (Lipinski definition) is 3. The number of benzene rings is 1. The first-order valence-electron chi connectivity index (χ1n) is 6.46. The van der Waals surface area contributed by atoms with Crippen molar-refractivity contribution in [1.82, 2.24) is 10.6 Å². The zero-order chi connectivity index (χ0) is 17.4. The van der Waals surface area contributed by atoms with Gasteiger partial charge in [0.2, 0.25) is 11.8 Å². The molecular weight excluding hydrogens is 357 g/mol. The minimum Gasteiger partial charge on any atom is -0.349 e. The second-order valence-corrected chi connectivity index (χ2v) is 5.77. The lowest BCUT2D eigenvalue weighted by atomic mass is 10.3. The number of para-hydroxylation sites is 1. The highest BCUT2D eigenvalue weighted by Gasteiger charge is 2.08. The highest BCUT2D eigenvalue weighted by Crippen LogP contribution is 2.29. The van der Waals surface area contributed by atoms with Crippen LogP contribution in [0.4, 0.5) is 5.69 Å². The van der Waals surface area contributed by atoms with E-state index in [-0.39, 0.29) is 5.11 Å². The fraction of sp³-hybridized carbons (Fsp3) is 0.133. The second kappa shape index (κ2) is 9.29. The van der Waals surface area contributed by atoms with Crippen molar-refractivity contribution in [2.45, 2.75) is 6.92 Å². The molecule has 23 heavy (non-hydrogen) atoms. The number of carbonyl (C=O) groups excluding carboxylic acids is 2. The molecule has 1 aromatic carbocycles.